The summed E-state index contributed by atoms with van der Waals surface area (Å²) in [7, 11) is 0. The van der Waals surface area contributed by atoms with E-state index in [4.69, 9.17) is 4.52 Å². The molecule has 24 heavy (non-hydrogen) atoms. The zero-order valence-electron chi connectivity index (χ0n) is 12.1. The quantitative estimate of drug-likeness (QED) is 0.582. The molecule has 3 aromatic rings. The van der Waals surface area contributed by atoms with Gasteiger partial charge in [-0.1, -0.05) is 23.4 Å². The van der Waals surface area contributed by atoms with Crippen molar-refractivity contribution in [2.24, 2.45) is 0 Å². The molecule has 0 aliphatic rings. The van der Waals surface area contributed by atoms with Crippen molar-refractivity contribution in [3.63, 3.8) is 0 Å². The van der Waals surface area contributed by atoms with Crippen molar-refractivity contribution in [3.05, 3.63) is 76.3 Å². The van der Waals surface area contributed by atoms with E-state index in [-0.39, 0.29) is 17.1 Å². The predicted molar refractivity (Wildman–Crippen MR) is 82.9 cm³/mol. The number of nitro benzene ring substituents is 1. The van der Waals surface area contributed by atoms with Gasteiger partial charge in [0.1, 0.15) is 11.5 Å². The molecule has 1 aromatic heterocycles. The molecule has 0 bridgehead atoms. The Morgan fingerprint density at radius 2 is 1.96 bits per heavy atom. The Bertz CT molecular complexity index is 923. The van der Waals surface area contributed by atoms with Crippen molar-refractivity contribution >= 4 is 17.3 Å². The fourth-order valence-electron chi connectivity index (χ4n) is 2.06. The Hall–Kier alpha value is -3.55. The molecule has 0 atom stereocenters. The number of amides is 1. The highest BCUT2D eigenvalue weighted by Gasteiger charge is 2.15. The molecule has 0 fully saturated rings. The maximum absolute atomic E-state index is 13.2. The van der Waals surface area contributed by atoms with E-state index in [1.165, 1.54) is 48.5 Å². The number of nitro groups is 1. The van der Waals surface area contributed by atoms with Crippen molar-refractivity contribution in [1.82, 2.24) is 5.16 Å². The molecule has 7 nitrogen and oxygen atoms in total. The van der Waals surface area contributed by atoms with Crippen LogP contribution < -0.4 is 5.32 Å². The van der Waals surface area contributed by atoms with Gasteiger partial charge in [0.25, 0.3) is 11.6 Å². The Morgan fingerprint density at radius 1 is 1.17 bits per heavy atom. The average molecular weight is 327 g/mol. The normalized spacial score (nSPS) is 10.4. The Morgan fingerprint density at radius 3 is 2.71 bits per heavy atom. The molecule has 1 heterocycles. The number of carbonyl (C=O) groups excluding carboxylic acids is 1. The van der Waals surface area contributed by atoms with Gasteiger partial charge in [-0.25, -0.2) is 4.39 Å². The van der Waals surface area contributed by atoms with Gasteiger partial charge in [-0.3, -0.25) is 14.9 Å². The maximum atomic E-state index is 13.2. The van der Waals surface area contributed by atoms with Gasteiger partial charge in [0.2, 0.25) is 5.76 Å². The second kappa shape index (κ2) is 6.29. The number of rotatable bonds is 4. The molecule has 2 aromatic carbocycles. The number of aromatic nitrogens is 1. The molecular weight excluding hydrogens is 317 g/mol. The minimum Gasteiger partial charge on any atom is -0.350 e. The number of hydrogen-bond donors (Lipinski definition) is 1. The number of benzene rings is 2. The summed E-state index contributed by atoms with van der Waals surface area (Å²) in [6, 6.07) is 12.6. The van der Waals surface area contributed by atoms with E-state index in [0.717, 1.165) is 0 Å². The van der Waals surface area contributed by atoms with Crippen LogP contribution in [0.15, 0.2) is 59.1 Å². The van der Waals surface area contributed by atoms with Crippen molar-refractivity contribution in [2.75, 3.05) is 5.32 Å². The summed E-state index contributed by atoms with van der Waals surface area (Å²) in [5, 5.41) is 16.9. The third kappa shape index (κ3) is 3.27. The highest BCUT2D eigenvalue weighted by molar-refractivity contribution is 6.02. The summed E-state index contributed by atoms with van der Waals surface area (Å²) in [4.78, 5) is 22.3. The first-order valence-corrected chi connectivity index (χ1v) is 6.81. The van der Waals surface area contributed by atoms with Gasteiger partial charge in [0.15, 0.2) is 0 Å². The van der Waals surface area contributed by atoms with Crippen LogP contribution in [0.3, 0.4) is 0 Å². The van der Waals surface area contributed by atoms with Crippen LogP contribution in [0.25, 0.3) is 11.3 Å². The summed E-state index contributed by atoms with van der Waals surface area (Å²) < 4.78 is 18.2. The van der Waals surface area contributed by atoms with Gasteiger partial charge in [0, 0.05) is 29.4 Å². The topological polar surface area (TPSA) is 98.3 Å². The van der Waals surface area contributed by atoms with E-state index < -0.39 is 16.6 Å². The molecule has 0 saturated carbocycles. The molecule has 0 radical (unpaired) electrons. The van der Waals surface area contributed by atoms with Crippen LogP contribution in [0.5, 0.6) is 0 Å². The van der Waals surface area contributed by atoms with Gasteiger partial charge < -0.3 is 9.84 Å². The van der Waals surface area contributed by atoms with E-state index >= 15 is 0 Å². The van der Waals surface area contributed by atoms with Crippen LogP contribution in [-0.2, 0) is 0 Å². The number of nitrogens with one attached hydrogen (secondary N) is 1. The molecule has 0 aliphatic heterocycles. The first-order valence-electron chi connectivity index (χ1n) is 6.81. The Kier molecular flexibility index (Phi) is 4.02. The largest absolute Gasteiger partial charge is 0.350 e. The predicted octanol–water partition coefficient (Wildman–Crippen LogP) is 3.64. The van der Waals surface area contributed by atoms with Crippen molar-refractivity contribution in [1.29, 1.82) is 0 Å². The maximum Gasteiger partial charge on any atom is 0.294 e. The lowest BCUT2D eigenvalue weighted by atomic mass is 10.1. The van der Waals surface area contributed by atoms with E-state index in [9.17, 15) is 19.3 Å². The van der Waals surface area contributed by atoms with E-state index in [1.807, 2.05) is 0 Å². The summed E-state index contributed by atoms with van der Waals surface area (Å²) in [6.45, 7) is 0. The van der Waals surface area contributed by atoms with Gasteiger partial charge in [-0.2, -0.15) is 0 Å². The number of hydrogen-bond acceptors (Lipinski definition) is 5. The van der Waals surface area contributed by atoms with Gasteiger partial charge in [0.05, 0.1) is 4.92 Å². The van der Waals surface area contributed by atoms with Crippen LogP contribution >= 0.6 is 0 Å². The molecule has 120 valence electrons. The molecule has 1 N–H and O–H groups in total. The molecule has 8 heteroatoms. The fourth-order valence-corrected chi connectivity index (χ4v) is 2.06. The molecule has 0 spiro atoms. The summed E-state index contributed by atoms with van der Waals surface area (Å²) in [5.41, 5.74) is 0.871. The van der Waals surface area contributed by atoms with Crippen LogP contribution in [0.2, 0.25) is 0 Å². The smallest absolute Gasteiger partial charge is 0.294 e. The first kappa shape index (κ1) is 15.3. The second-order valence-corrected chi connectivity index (χ2v) is 4.85. The summed E-state index contributed by atoms with van der Waals surface area (Å²) in [5.74, 6) is -1.15. The molecular formula is C16H10FN3O4. The Balaban J connectivity index is 1.79. The lowest BCUT2D eigenvalue weighted by Gasteiger charge is -2.01. The monoisotopic (exact) mass is 327 g/mol. The minimum absolute atomic E-state index is 0.0965. The van der Waals surface area contributed by atoms with Gasteiger partial charge in [-0.15, -0.1) is 0 Å². The molecule has 1 amide bonds. The number of carbonyl (C=O) groups is 1. The zero-order valence-corrected chi connectivity index (χ0v) is 12.1. The molecule has 0 aliphatic carbocycles. The molecule has 0 unspecified atom stereocenters. The highest BCUT2D eigenvalue weighted by atomic mass is 19.1. The number of halogens is 1. The zero-order chi connectivity index (χ0) is 17.1. The van der Waals surface area contributed by atoms with Crippen LogP contribution in [0.4, 0.5) is 15.8 Å². The first-order chi connectivity index (χ1) is 11.5. The van der Waals surface area contributed by atoms with E-state index in [2.05, 4.69) is 10.5 Å². The van der Waals surface area contributed by atoms with E-state index in [0.29, 0.717) is 11.3 Å². The van der Waals surface area contributed by atoms with Crippen LogP contribution in [0.1, 0.15) is 10.6 Å². The van der Waals surface area contributed by atoms with Gasteiger partial charge >= 0.3 is 0 Å². The van der Waals surface area contributed by atoms with Crippen LogP contribution in [0, 0.1) is 15.9 Å². The fraction of sp³-hybridized carbons (Fsp3) is 0. The lowest BCUT2D eigenvalue weighted by molar-refractivity contribution is -0.384. The SMILES string of the molecule is O=C(Nc1cccc([N+](=O)[O-])c1)c1cc(-c2cccc(F)c2)no1. The van der Waals surface area contributed by atoms with E-state index in [1.54, 1.807) is 6.07 Å². The number of anilines is 1. The summed E-state index contributed by atoms with van der Waals surface area (Å²) >= 11 is 0. The molecule has 3 rings (SSSR count). The van der Waals surface area contributed by atoms with Crippen LogP contribution in [-0.4, -0.2) is 16.0 Å². The van der Waals surface area contributed by atoms with Crippen molar-refractivity contribution < 1.29 is 18.6 Å². The lowest BCUT2D eigenvalue weighted by Crippen LogP contribution is -2.10. The highest BCUT2D eigenvalue weighted by Crippen LogP contribution is 2.21. The third-order valence-corrected chi connectivity index (χ3v) is 3.17. The average Bonchev–Trinajstić information content (AvgIpc) is 3.05. The minimum atomic E-state index is -0.620. The second-order valence-electron chi connectivity index (χ2n) is 4.85. The number of non-ortho nitro benzene ring substituents is 1. The molecule has 0 saturated heterocycles. The summed E-state index contributed by atoms with van der Waals surface area (Å²) in [6.07, 6.45) is 0. The van der Waals surface area contributed by atoms with Crippen molar-refractivity contribution in [3.8, 4) is 11.3 Å². The standard InChI is InChI=1S/C16H10FN3O4/c17-11-4-1-3-10(7-11)14-9-15(24-19-14)16(21)18-12-5-2-6-13(8-12)20(22)23/h1-9H,(H,18,21). The third-order valence-electron chi connectivity index (χ3n) is 3.17. The number of nitrogens with zero attached hydrogens (tertiary/aromatic N) is 2. The Labute approximate surface area is 134 Å². The van der Waals surface area contributed by atoms with Crippen molar-refractivity contribution in [2.45, 2.75) is 0 Å². The van der Waals surface area contributed by atoms with Gasteiger partial charge in [-0.05, 0) is 18.2 Å².